The van der Waals surface area contributed by atoms with Gasteiger partial charge in [-0.1, -0.05) is 23.2 Å². The number of amides is 1. The zero-order chi connectivity index (χ0) is 19.6. The molecular weight excluding hydrogens is 431 g/mol. The van der Waals surface area contributed by atoms with Crippen molar-refractivity contribution >= 4 is 55.6 Å². The van der Waals surface area contributed by atoms with Gasteiger partial charge >= 0.3 is 0 Å². The highest BCUT2D eigenvalue weighted by atomic mass is 35.5. The second-order valence-corrected chi connectivity index (χ2v) is 10.1. The van der Waals surface area contributed by atoms with Crippen molar-refractivity contribution in [2.45, 2.75) is 4.90 Å². The zero-order valence-electron chi connectivity index (χ0n) is 14.0. The van der Waals surface area contributed by atoms with Crippen molar-refractivity contribution in [2.24, 2.45) is 0 Å². The fourth-order valence-corrected chi connectivity index (χ4v) is 5.47. The van der Waals surface area contributed by atoms with Crippen LogP contribution in [0.1, 0.15) is 10.4 Å². The number of benzene rings is 2. The number of nitrogens with one attached hydrogen (secondary N) is 1. The Morgan fingerprint density at radius 3 is 2.30 bits per heavy atom. The topological polar surface area (TPSA) is 83.6 Å². The van der Waals surface area contributed by atoms with Gasteiger partial charge < -0.3 is 4.90 Å². The van der Waals surface area contributed by atoms with Gasteiger partial charge in [-0.15, -0.1) is 0 Å². The third-order valence-corrected chi connectivity index (χ3v) is 7.41. The Hall–Kier alpha value is -1.61. The Balaban J connectivity index is 1.74. The largest absolute Gasteiger partial charge is 0.337 e. The van der Waals surface area contributed by atoms with E-state index in [-0.39, 0.29) is 20.8 Å². The third-order valence-electron chi connectivity index (χ3n) is 4.03. The van der Waals surface area contributed by atoms with E-state index in [0.717, 1.165) is 0 Å². The Labute approximate surface area is 170 Å². The number of hydrogen-bond acceptors (Lipinski definition) is 4. The SMILES string of the molecule is O=C(c1ccc(NS(=O)(=O)c2cc(Cl)ccc2Cl)cc1)N1CCS(=O)CC1. The molecule has 1 heterocycles. The highest BCUT2D eigenvalue weighted by molar-refractivity contribution is 7.92. The predicted molar refractivity (Wildman–Crippen MR) is 107 cm³/mol. The van der Waals surface area contributed by atoms with E-state index in [2.05, 4.69) is 4.72 Å². The van der Waals surface area contributed by atoms with E-state index < -0.39 is 20.8 Å². The summed E-state index contributed by atoms with van der Waals surface area (Å²) in [6.07, 6.45) is 0. The molecular formula is C17H16Cl2N2O4S2. The highest BCUT2D eigenvalue weighted by Crippen LogP contribution is 2.27. The van der Waals surface area contributed by atoms with E-state index >= 15 is 0 Å². The minimum absolute atomic E-state index is 0.0567. The van der Waals surface area contributed by atoms with Crippen molar-refractivity contribution in [3.8, 4) is 0 Å². The molecule has 0 bridgehead atoms. The fourth-order valence-electron chi connectivity index (χ4n) is 2.60. The number of sulfonamides is 1. The monoisotopic (exact) mass is 446 g/mol. The molecule has 0 aliphatic carbocycles. The number of carbonyl (C=O) groups excluding carboxylic acids is 1. The summed E-state index contributed by atoms with van der Waals surface area (Å²) in [6.45, 7) is 0.903. The van der Waals surface area contributed by atoms with Gasteiger partial charge in [0.25, 0.3) is 15.9 Å². The van der Waals surface area contributed by atoms with E-state index in [4.69, 9.17) is 23.2 Å². The molecule has 1 aliphatic heterocycles. The van der Waals surface area contributed by atoms with Crippen LogP contribution in [0.25, 0.3) is 0 Å². The van der Waals surface area contributed by atoms with Gasteiger partial charge in [-0.25, -0.2) is 8.42 Å². The molecule has 0 aromatic heterocycles. The van der Waals surface area contributed by atoms with Crippen LogP contribution in [0.3, 0.4) is 0 Å². The predicted octanol–water partition coefficient (Wildman–Crippen LogP) is 3.00. The van der Waals surface area contributed by atoms with Gasteiger partial charge in [0.2, 0.25) is 0 Å². The molecule has 0 unspecified atom stereocenters. The van der Waals surface area contributed by atoms with Crippen LogP contribution in [0.4, 0.5) is 5.69 Å². The quantitative estimate of drug-likeness (QED) is 0.781. The maximum atomic E-state index is 12.5. The lowest BCUT2D eigenvalue weighted by atomic mass is 10.2. The molecule has 0 atom stereocenters. The first-order valence-corrected chi connectivity index (χ1v) is 11.7. The Morgan fingerprint density at radius 1 is 1.04 bits per heavy atom. The van der Waals surface area contributed by atoms with Crippen LogP contribution >= 0.6 is 23.2 Å². The number of anilines is 1. The van der Waals surface area contributed by atoms with Crippen molar-refractivity contribution in [3.63, 3.8) is 0 Å². The molecule has 2 aromatic rings. The first kappa shape index (κ1) is 20.1. The van der Waals surface area contributed by atoms with Gasteiger partial charge in [-0.2, -0.15) is 0 Å². The number of rotatable bonds is 4. The van der Waals surface area contributed by atoms with Crippen LogP contribution in [0.2, 0.25) is 10.0 Å². The molecule has 1 N–H and O–H groups in total. The third kappa shape index (κ3) is 4.82. The Kier molecular flexibility index (Phi) is 6.10. The number of halogens is 2. The molecule has 1 saturated heterocycles. The average molecular weight is 447 g/mol. The second kappa shape index (κ2) is 8.18. The van der Waals surface area contributed by atoms with E-state index in [9.17, 15) is 17.4 Å². The smallest absolute Gasteiger partial charge is 0.263 e. The minimum atomic E-state index is -3.92. The molecule has 1 fully saturated rings. The van der Waals surface area contributed by atoms with E-state index in [1.54, 1.807) is 17.0 Å². The van der Waals surface area contributed by atoms with Crippen LogP contribution in [-0.2, 0) is 20.8 Å². The molecule has 1 aliphatic rings. The summed E-state index contributed by atoms with van der Waals surface area (Å²) in [6, 6.07) is 10.3. The van der Waals surface area contributed by atoms with Gasteiger partial charge in [-0.05, 0) is 42.5 Å². The van der Waals surface area contributed by atoms with Crippen LogP contribution in [-0.4, -0.2) is 48.0 Å². The van der Waals surface area contributed by atoms with Gasteiger partial charge in [0.15, 0.2) is 0 Å². The second-order valence-electron chi connectivity index (χ2n) is 5.90. The highest BCUT2D eigenvalue weighted by Gasteiger charge is 2.22. The van der Waals surface area contributed by atoms with Crippen molar-refractivity contribution < 1.29 is 17.4 Å². The van der Waals surface area contributed by atoms with Gasteiger partial charge in [0.1, 0.15) is 4.90 Å². The molecule has 1 amide bonds. The minimum Gasteiger partial charge on any atom is -0.337 e. The van der Waals surface area contributed by atoms with E-state index in [1.807, 2.05) is 0 Å². The maximum absolute atomic E-state index is 12.5. The summed E-state index contributed by atoms with van der Waals surface area (Å²) in [5.74, 6) is 0.785. The summed E-state index contributed by atoms with van der Waals surface area (Å²) in [5, 5.41) is 0.310. The molecule has 10 heteroatoms. The van der Waals surface area contributed by atoms with Gasteiger partial charge in [0, 0.05) is 51.7 Å². The summed E-state index contributed by atoms with van der Waals surface area (Å²) in [7, 11) is -4.78. The molecule has 0 radical (unpaired) electrons. The normalized spacial score (nSPS) is 15.6. The van der Waals surface area contributed by atoms with Crippen molar-refractivity contribution in [1.29, 1.82) is 0 Å². The molecule has 6 nitrogen and oxygen atoms in total. The summed E-state index contributed by atoms with van der Waals surface area (Å²) < 4.78 is 38.8. The molecule has 144 valence electrons. The Bertz CT molecular complexity index is 984. The lowest BCUT2D eigenvalue weighted by molar-refractivity contribution is 0.0771. The van der Waals surface area contributed by atoms with Crippen molar-refractivity contribution in [3.05, 3.63) is 58.1 Å². The molecule has 0 spiro atoms. The van der Waals surface area contributed by atoms with Crippen LogP contribution < -0.4 is 4.72 Å². The summed E-state index contributed by atoms with van der Waals surface area (Å²) >= 11 is 11.8. The lowest BCUT2D eigenvalue weighted by Crippen LogP contribution is -2.41. The zero-order valence-corrected chi connectivity index (χ0v) is 17.2. The molecule has 2 aromatic carbocycles. The Morgan fingerprint density at radius 2 is 1.67 bits per heavy atom. The van der Waals surface area contributed by atoms with Crippen LogP contribution in [0, 0.1) is 0 Å². The number of carbonyl (C=O) groups is 1. The van der Waals surface area contributed by atoms with E-state index in [0.29, 0.717) is 35.8 Å². The number of nitrogens with zero attached hydrogens (tertiary/aromatic N) is 1. The fraction of sp³-hybridized carbons (Fsp3) is 0.235. The van der Waals surface area contributed by atoms with Crippen molar-refractivity contribution in [1.82, 2.24) is 4.90 Å². The number of hydrogen-bond donors (Lipinski definition) is 1. The maximum Gasteiger partial charge on any atom is 0.263 e. The summed E-state index contributed by atoms with van der Waals surface area (Å²) in [4.78, 5) is 14.0. The average Bonchev–Trinajstić information content (AvgIpc) is 2.64. The first-order valence-electron chi connectivity index (χ1n) is 7.98. The standard InChI is InChI=1S/C17H16Cl2N2O4S2/c18-13-3-6-15(19)16(11-13)27(24,25)20-14-4-1-12(2-5-14)17(22)21-7-9-26(23)10-8-21/h1-6,11,20H,7-10H2. The lowest BCUT2D eigenvalue weighted by Gasteiger charge is -2.26. The van der Waals surface area contributed by atoms with Gasteiger partial charge in [0.05, 0.1) is 5.02 Å². The van der Waals surface area contributed by atoms with Gasteiger partial charge in [-0.3, -0.25) is 13.7 Å². The van der Waals surface area contributed by atoms with E-state index in [1.165, 1.54) is 30.3 Å². The van der Waals surface area contributed by atoms with Crippen molar-refractivity contribution in [2.75, 3.05) is 29.3 Å². The summed E-state index contributed by atoms with van der Waals surface area (Å²) in [5.41, 5.74) is 0.730. The molecule has 0 saturated carbocycles. The first-order chi connectivity index (χ1) is 12.8. The molecule has 3 rings (SSSR count). The van der Waals surface area contributed by atoms with Crippen LogP contribution in [0.15, 0.2) is 47.4 Å². The molecule has 27 heavy (non-hydrogen) atoms. The van der Waals surface area contributed by atoms with Crippen LogP contribution in [0.5, 0.6) is 0 Å².